The minimum Gasteiger partial charge on any atom is -0.331 e. The molecule has 15 heavy (non-hydrogen) atoms. The number of carbonyl (C=O) groups excluding carboxylic acids is 1. The maximum atomic E-state index is 11.0. The molecule has 0 aliphatic carbocycles. The van der Waals surface area contributed by atoms with Crippen LogP contribution in [0.3, 0.4) is 0 Å². The van der Waals surface area contributed by atoms with Crippen molar-refractivity contribution in [2.24, 2.45) is 4.99 Å². The summed E-state index contributed by atoms with van der Waals surface area (Å²) in [5.74, 6) is 0.197. The molecule has 0 fully saturated rings. The van der Waals surface area contributed by atoms with Crippen molar-refractivity contribution in [3.05, 3.63) is 29.8 Å². The first-order valence-electron chi connectivity index (χ1n) is 5.11. The number of ketones is 1. The lowest BCUT2D eigenvalue weighted by atomic mass is 10.1. The van der Waals surface area contributed by atoms with Gasteiger partial charge in [-0.05, 0) is 24.6 Å². The van der Waals surface area contributed by atoms with Crippen LogP contribution >= 0.6 is 0 Å². The molecule has 0 unspecified atom stereocenters. The summed E-state index contributed by atoms with van der Waals surface area (Å²) < 4.78 is 0. The summed E-state index contributed by atoms with van der Waals surface area (Å²) in [7, 11) is 0. The topological polar surface area (TPSA) is 32.7 Å². The lowest BCUT2D eigenvalue weighted by molar-refractivity contribution is -0.116. The van der Waals surface area contributed by atoms with Gasteiger partial charge in [-0.1, -0.05) is 12.1 Å². The third kappa shape index (κ3) is 2.43. The highest BCUT2D eigenvalue weighted by atomic mass is 16.1. The molecule has 1 aliphatic heterocycles. The minimum atomic E-state index is 0.197. The van der Waals surface area contributed by atoms with E-state index in [1.54, 1.807) is 6.92 Å². The van der Waals surface area contributed by atoms with Crippen LogP contribution in [0.2, 0.25) is 0 Å². The summed E-state index contributed by atoms with van der Waals surface area (Å²) in [6.45, 7) is 3.41. The molecule has 3 nitrogen and oxygen atoms in total. The van der Waals surface area contributed by atoms with Crippen LogP contribution < -0.4 is 4.90 Å². The Morgan fingerprint density at radius 3 is 3.07 bits per heavy atom. The van der Waals surface area contributed by atoms with Crippen molar-refractivity contribution in [2.45, 2.75) is 13.3 Å². The summed E-state index contributed by atoms with van der Waals surface area (Å²) in [4.78, 5) is 17.3. The zero-order valence-electron chi connectivity index (χ0n) is 8.81. The Kier molecular flexibility index (Phi) is 2.81. The van der Waals surface area contributed by atoms with Crippen LogP contribution in [-0.4, -0.2) is 25.2 Å². The number of Topliss-reactive ketones (excluding diaryl/α,β-unsaturated/α-hetero) is 1. The number of benzene rings is 1. The Hall–Kier alpha value is -1.64. The van der Waals surface area contributed by atoms with Crippen LogP contribution in [0, 0.1) is 0 Å². The molecule has 0 saturated carbocycles. The van der Waals surface area contributed by atoms with E-state index >= 15 is 0 Å². The number of nitrogens with zero attached hydrogens (tertiary/aromatic N) is 2. The van der Waals surface area contributed by atoms with Gasteiger partial charge < -0.3 is 4.90 Å². The lowest BCUT2D eigenvalue weighted by Gasteiger charge is -2.14. The highest BCUT2D eigenvalue weighted by Crippen LogP contribution is 2.17. The maximum Gasteiger partial charge on any atom is 0.134 e. The Morgan fingerprint density at radius 1 is 1.53 bits per heavy atom. The lowest BCUT2D eigenvalue weighted by Crippen LogP contribution is -2.18. The molecule has 1 aromatic rings. The zero-order valence-corrected chi connectivity index (χ0v) is 8.81. The second kappa shape index (κ2) is 4.26. The van der Waals surface area contributed by atoms with E-state index in [9.17, 15) is 4.79 Å². The number of rotatable bonds is 3. The summed E-state index contributed by atoms with van der Waals surface area (Å²) >= 11 is 0. The maximum absolute atomic E-state index is 11.0. The van der Waals surface area contributed by atoms with Crippen molar-refractivity contribution < 1.29 is 4.79 Å². The molecular weight excluding hydrogens is 188 g/mol. The van der Waals surface area contributed by atoms with Crippen molar-refractivity contribution in [3.8, 4) is 0 Å². The molecule has 3 heteroatoms. The van der Waals surface area contributed by atoms with Gasteiger partial charge in [0.25, 0.3) is 0 Å². The smallest absolute Gasteiger partial charge is 0.134 e. The molecule has 0 radical (unpaired) electrons. The SMILES string of the molecule is CC(=O)Cc1cccc(N2C=NCC2)c1. The Balaban J connectivity index is 2.18. The number of anilines is 1. The Morgan fingerprint density at radius 2 is 2.40 bits per heavy atom. The number of hydrogen-bond acceptors (Lipinski definition) is 3. The van der Waals surface area contributed by atoms with Crippen molar-refractivity contribution in [2.75, 3.05) is 18.0 Å². The van der Waals surface area contributed by atoms with Crippen LogP contribution in [0.5, 0.6) is 0 Å². The van der Waals surface area contributed by atoms with Gasteiger partial charge in [0.15, 0.2) is 0 Å². The zero-order chi connectivity index (χ0) is 10.7. The van der Waals surface area contributed by atoms with Crippen LogP contribution in [-0.2, 0) is 11.2 Å². The Bertz CT molecular complexity index is 398. The van der Waals surface area contributed by atoms with Crippen LogP contribution in [0.25, 0.3) is 0 Å². The average molecular weight is 202 g/mol. The van der Waals surface area contributed by atoms with Gasteiger partial charge in [-0.15, -0.1) is 0 Å². The van der Waals surface area contributed by atoms with E-state index in [0.29, 0.717) is 6.42 Å². The predicted octanol–water partition coefficient (Wildman–Crippen LogP) is 1.67. The fourth-order valence-corrected chi connectivity index (χ4v) is 1.71. The molecule has 0 saturated heterocycles. The molecule has 0 atom stereocenters. The molecule has 0 amide bonds. The highest BCUT2D eigenvalue weighted by molar-refractivity contribution is 5.82. The highest BCUT2D eigenvalue weighted by Gasteiger charge is 2.08. The molecule has 78 valence electrons. The standard InChI is InChI=1S/C12H14N2O/c1-10(15)7-11-3-2-4-12(8-11)14-6-5-13-9-14/h2-4,8-9H,5-7H2,1H3. The second-order valence-corrected chi connectivity index (χ2v) is 3.76. The third-order valence-corrected chi connectivity index (χ3v) is 2.39. The van der Waals surface area contributed by atoms with E-state index in [4.69, 9.17) is 0 Å². The number of carbonyl (C=O) groups is 1. The van der Waals surface area contributed by atoms with Crippen molar-refractivity contribution >= 4 is 17.8 Å². The van der Waals surface area contributed by atoms with E-state index in [0.717, 1.165) is 24.3 Å². The summed E-state index contributed by atoms with van der Waals surface area (Å²) in [5, 5.41) is 0. The fraction of sp³-hybridized carbons (Fsp3) is 0.333. The van der Waals surface area contributed by atoms with Gasteiger partial charge in [-0.2, -0.15) is 0 Å². The van der Waals surface area contributed by atoms with Crippen molar-refractivity contribution in [1.29, 1.82) is 0 Å². The van der Waals surface area contributed by atoms with Crippen LogP contribution in [0.4, 0.5) is 5.69 Å². The molecule has 1 aliphatic rings. The van der Waals surface area contributed by atoms with Gasteiger partial charge in [0, 0.05) is 18.7 Å². The van der Waals surface area contributed by atoms with Gasteiger partial charge in [0.05, 0.1) is 12.9 Å². The van der Waals surface area contributed by atoms with Gasteiger partial charge >= 0.3 is 0 Å². The molecule has 0 aromatic heterocycles. The molecular formula is C12H14N2O. The second-order valence-electron chi connectivity index (χ2n) is 3.76. The van der Waals surface area contributed by atoms with Crippen LogP contribution in [0.15, 0.2) is 29.3 Å². The summed E-state index contributed by atoms with van der Waals surface area (Å²) in [6.07, 6.45) is 2.37. The first-order chi connectivity index (χ1) is 7.25. The number of aliphatic imine (C=N–C) groups is 1. The largest absolute Gasteiger partial charge is 0.331 e. The van der Waals surface area contributed by atoms with E-state index < -0.39 is 0 Å². The Labute approximate surface area is 89.4 Å². The molecule has 1 heterocycles. The van der Waals surface area contributed by atoms with Gasteiger partial charge in [-0.25, -0.2) is 0 Å². The normalized spacial score (nSPS) is 14.6. The third-order valence-electron chi connectivity index (χ3n) is 2.39. The van der Waals surface area contributed by atoms with Crippen molar-refractivity contribution in [3.63, 3.8) is 0 Å². The van der Waals surface area contributed by atoms with Gasteiger partial charge in [0.1, 0.15) is 5.78 Å². The van der Waals surface area contributed by atoms with Crippen molar-refractivity contribution in [1.82, 2.24) is 0 Å². The predicted molar refractivity (Wildman–Crippen MR) is 61.5 cm³/mol. The fourth-order valence-electron chi connectivity index (χ4n) is 1.71. The first-order valence-corrected chi connectivity index (χ1v) is 5.11. The molecule has 2 rings (SSSR count). The summed E-state index contributed by atoms with van der Waals surface area (Å²) in [6, 6.07) is 8.07. The quantitative estimate of drug-likeness (QED) is 0.746. The van der Waals surface area contributed by atoms with Gasteiger partial charge in [0.2, 0.25) is 0 Å². The van der Waals surface area contributed by atoms with E-state index in [-0.39, 0.29) is 5.78 Å². The average Bonchev–Trinajstić information content (AvgIpc) is 2.69. The summed E-state index contributed by atoms with van der Waals surface area (Å²) in [5.41, 5.74) is 2.19. The van der Waals surface area contributed by atoms with E-state index in [2.05, 4.69) is 16.0 Å². The van der Waals surface area contributed by atoms with Crippen LogP contribution in [0.1, 0.15) is 12.5 Å². The molecule has 0 bridgehead atoms. The van der Waals surface area contributed by atoms with Gasteiger partial charge in [-0.3, -0.25) is 9.79 Å². The molecule has 0 spiro atoms. The van der Waals surface area contributed by atoms with E-state index in [1.165, 1.54) is 0 Å². The first kappa shape index (κ1) is 9.90. The minimum absolute atomic E-state index is 0.197. The van der Waals surface area contributed by atoms with E-state index in [1.807, 2.05) is 24.5 Å². The molecule has 0 N–H and O–H groups in total. The number of hydrogen-bond donors (Lipinski definition) is 0. The molecule has 1 aromatic carbocycles. The monoisotopic (exact) mass is 202 g/mol.